The van der Waals surface area contributed by atoms with Gasteiger partial charge < -0.3 is 10.4 Å². The first kappa shape index (κ1) is 21.7. The van der Waals surface area contributed by atoms with Gasteiger partial charge in [0.1, 0.15) is 6.54 Å². The van der Waals surface area contributed by atoms with Gasteiger partial charge in [-0.1, -0.05) is 61.7 Å². The second kappa shape index (κ2) is 9.34. The Morgan fingerprint density at radius 3 is 2.53 bits per heavy atom. The molecule has 1 heterocycles. The summed E-state index contributed by atoms with van der Waals surface area (Å²) in [6.07, 6.45) is 4.65. The van der Waals surface area contributed by atoms with Crippen LogP contribution in [0.25, 0.3) is 22.0 Å². The number of hydrogen-bond acceptors (Lipinski definition) is 4. The normalized spacial score (nSPS) is 15.4. The van der Waals surface area contributed by atoms with Gasteiger partial charge in [-0.2, -0.15) is 5.10 Å². The van der Waals surface area contributed by atoms with E-state index in [9.17, 15) is 19.5 Å². The highest BCUT2D eigenvalue weighted by atomic mass is 16.4. The number of carboxylic acids is 1. The number of carbonyl (C=O) groups is 2. The van der Waals surface area contributed by atoms with Gasteiger partial charge in [0, 0.05) is 18.2 Å². The standard InChI is InChI=1S/C25H27N3O4/c29-22(26-17-25(15-24(31)32)13-4-1-5-14-25)16-28-23(30)12-11-21(27-28)20-10-6-8-18-7-2-3-9-19(18)20/h2-3,6-12H,1,4-5,13-17H2,(H,26,29)(H,31,32). The summed E-state index contributed by atoms with van der Waals surface area (Å²) in [7, 11) is 0. The molecule has 0 atom stereocenters. The number of amides is 1. The monoisotopic (exact) mass is 433 g/mol. The lowest BCUT2D eigenvalue weighted by molar-refractivity contribution is -0.140. The molecule has 1 aromatic heterocycles. The largest absolute Gasteiger partial charge is 0.481 e. The SMILES string of the molecule is O=C(O)CC1(CNC(=O)Cn2nc(-c3cccc4ccccc34)ccc2=O)CCCCC1. The average molecular weight is 434 g/mol. The summed E-state index contributed by atoms with van der Waals surface area (Å²) in [5.41, 5.74) is 0.730. The van der Waals surface area contributed by atoms with Crippen molar-refractivity contribution in [2.75, 3.05) is 6.54 Å². The molecule has 2 N–H and O–H groups in total. The molecule has 0 unspecified atom stereocenters. The molecule has 0 bridgehead atoms. The summed E-state index contributed by atoms with van der Waals surface area (Å²) >= 11 is 0. The summed E-state index contributed by atoms with van der Waals surface area (Å²) < 4.78 is 1.16. The molecule has 1 fully saturated rings. The highest BCUT2D eigenvalue weighted by Gasteiger charge is 2.34. The molecule has 1 amide bonds. The van der Waals surface area contributed by atoms with Gasteiger partial charge in [0.25, 0.3) is 5.56 Å². The highest BCUT2D eigenvalue weighted by Crippen LogP contribution is 2.38. The van der Waals surface area contributed by atoms with E-state index in [1.54, 1.807) is 6.07 Å². The van der Waals surface area contributed by atoms with E-state index >= 15 is 0 Å². The van der Waals surface area contributed by atoms with Crippen LogP contribution in [0.4, 0.5) is 0 Å². The van der Waals surface area contributed by atoms with E-state index in [0.717, 1.165) is 53.1 Å². The highest BCUT2D eigenvalue weighted by molar-refractivity contribution is 5.95. The Balaban J connectivity index is 1.51. The molecule has 1 aliphatic rings. The lowest BCUT2D eigenvalue weighted by atomic mass is 9.71. The van der Waals surface area contributed by atoms with Crippen LogP contribution in [0.15, 0.2) is 59.4 Å². The summed E-state index contributed by atoms with van der Waals surface area (Å²) in [5.74, 6) is -1.19. The molecule has 0 spiro atoms. The molecule has 4 rings (SSSR count). The Kier molecular flexibility index (Phi) is 6.35. The third kappa shape index (κ3) is 4.88. The summed E-state index contributed by atoms with van der Waals surface area (Å²) in [5, 5.41) is 18.7. The van der Waals surface area contributed by atoms with E-state index in [1.807, 2.05) is 42.5 Å². The Labute approximate surface area is 186 Å². The zero-order valence-corrected chi connectivity index (χ0v) is 17.9. The first-order valence-electron chi connectivity index (χ1n) is 11.0. The molecule has 7 heteroatoms. The van der Waals surface area contributed by atoms with E-state index in [-0.39, 0.29) is 24.4 Å². The Morgan fingerprint density at radius 2 is 1.75 bits per heavy atom. The molecular weight excluding hydrogens is 406 g/mol. The van der Waals surface area contributed by atoms with E-state index in [4.69, 9.17) is 0 Å². The maximum atomic E-state index is 12.6. The second-order valence-electron chi connectivity index (χ2n) is 8.65. The van der Waals surface area contributed by atoms with Gasteiger partial charge in [-0.25, -0.2) is 4.68 Å². The van der Waals surface area contributed by atoms with Gasteiger partial charge in [-0.15, -0.1) is 0 Å². The molecule has 7 nitrogen and oxygen atoms in total. The van der Waals surface area contributed by atoms with Crippen molar-refractivity contribution in [3.63, 3.8) is 0 Å². The van der Waals surface area contributed by atoms with Crippen molar-refractivity contribution in [2.24, 2.45) is 5.41 Å². The Morgan fingerprint density at radius 1 is 1.00 bits per heavy atom. The zero-order valence-electron chi connectivity index (χ0n) is 17.9. The molecule has 3 aromatic rings. The quantitative estimate of drug-likeness (QED) is 0.593. The van der Waals surface area contributed by atoms with Gasteiger partial charge in [0.05, 0.1) is 12.1 Å². The average Bonchev–Trinajstić information content (AvgIpc) is 2.79. The van der Waals surface area contributed by atoms with E-state index < -0.39 is 11.4 Å². The van der Waals surface area contributed by atoms with Crippen molar-refractivity contribution in [1.82, 2.24) is 15.1 Å². The van der Waals surface area contributed by atoms with Crippen molar-refractivity contribution >= 4 is 22.6 Å². The first-order chi connectivity index (χ1) is 15.5. The lowest BCUT2D eigenvalue weighted by Crippen LogP contribution is -2.42. The molecule has 0 saturated heterocycles. The number of aromatic nitrogens is 2. The van der Waals surface area contributed by atoms with Crippen LogP contribution >= 0.6 is 0 Å². The number of nitrogens with zero attached hydrogens (tertiary/aromatic N) is 2. The summed E-state index contributed by atoms with van der Waals surface area (Å²) in [6.45, 7) is 0.0937. The van der Waals surface area contributed by atoms with Gasteiger partial charge >= 0.3 is 5.97 Å². The molecule has 1 saturated carbocycles. The molecule has 32 heavy (non-hydrogen) atoms. The zero-order chi connectivity index (χ0) is 22.6. The maximum Gasteiger partial charge on any atom is 0.303 e. The molecule has 0 aliphatic heterocycles. The second-order valence-corrected chi connectivity index (χ2v) is 8.65. The topological polar surface area (TPSA) is 101 Å². The molecule has 2 aromatic carbocycles. The smallest absolute Gasteiger partial charge is 0.303 e. The van der Waals surface area contributed by atoms with Crippen molar-refractivity contribution in [2.45, 2.75) is 45.1 Å². The van der Waals surface area contributed by atoms with Crippen LogP contribution < -0.4 is 10.9 Å². The van der Waals surface area contributed by atoms with Gasteiger partial charge in [-0.3, -0.25) is 14.4 Å². The van der Waals surface area contributed by atoms with Crippen molar-refractivity contribution < 1.29 is 14.7 Å². The fourth-order valence-corrected chi connectivity index (χ4v) is 4.67. The molecular formula is C25H27N3O4. The number of carboxylic acid groups (broad SMARTS) is 1. The van der Waals surface area contributed by atoms with Crippen LogP contribution in [0, 0.1) is 5.41 Å². The fourth-order valence-electron chi connectivity index (χ4n) is 4.67. The third-order valence-corrected chi connectivity index (χ3v) is 6.33. The molecule has 166 valence electrons. The molecule has 0 radical (unpaired) electrons. The van der Waals surface area contributed by atoms with Crippen LogP contribution in [0.5, 0.6) is 0 Å². The number of nitrogens with one attached hydrogen (secondary N) is 1. The van der Waals surface area contributed by atoms with Crippen LogP contribution in [0.3, 0.4) is 0 Å². The Hall–Kier alpha value is -3.48. The predicted molar refractivity (Wildman–Crippen MR) is 122 cm³/mol. The van der Waals surface area contributed by atoms with Crippen molar-refractivity contribution in [1.29, 1.82) is 0 Å². The van der Waals surface area contributed by atoms with E-state index in [1.165, 1.54) is 6.07 Å². The van der Waals surface area contributed by atoms with Crippen LogP contribution in [0.1, 0.15) is 38.5 Å². The summed E-state index contributed by atoms with van der Waals surface area (Å²) in [6, 6.07) is 16.9. The number of aliphatic carboxylic acids is 1. The van der Waals surface area contributed by atoms with Crippen molar-refractivity contribution in [3.05, 3.63) is 65.0 Å². The number of rotatable bonds is 7. The van der Waals surface area contributed by atoms with Crippen molar-refractivity contribution in [3.8, 4) is 11.3 Å². The summed E-state index contributed by atoms with van der Waals surface area (Å²) in [4.78, 5) is 36.3. The van der Waals surface area contributed by atoms with Gasteiger partial charge in [-0.05, 0) is 35.1 Å². The number of carbonyl (C=O) groups excluding carboxylic acids is 1. The van der Waals surface area contributed by atoms with Gasteiger partial charge in [0.15, 0.2) is 0 Å². The Bertz CT molecular complexity index is 1190. The van der Waals surface area contributed by atoms with Crippen LogP contribution in [0.2, 0.25) is 0 Å². The number of hydrogen-bond donors (Lipinski definition) is 2. The fraction of sp³-hybridized carbons (Fsp3) is 0.360. The van der Waals surface area contributed by atoms with E-state index in [0.29, 0.717) is 12.2 Å². The van der Waals surface area contributed by atoms with Crippen LogP contribution in [-0.4, -0.2) is 33.3 Å². The van der Waals surface area contributed by atoms with E-state index in [2.05, 4.69) is 10.4 Å². The minimum Gasteiger partial charge on any atom is -0.481 e. The minimum absolute atomic E-state index is 0.0437. The van der Waals surface area contributed by atoms with Gasteiger partial charge in [0.2, 0.25) is 5.91 Å². The third-order valence-electron chi connectivity index (χ3n) is 6.33. The van der Waals surface area contributed by atoms with Crippen LogP contribution in [-0.2, 0) is 16.1 Å². The lowest BCUT2D eigenvalue weighted by Gasteiger charge is -2.36. The first-order valence-corrected chi connectivity index (χ1v) is 11.0. The number of fused-ring (bicyclic) bond motifs is 1. The maximum absolute atomic E-state index is 12.6. The predicted octanol–water partition coefficient (Wildman–Crippen LogP) is 3.60. The number of benzene rings is 2. The minimum atomic E-state index is -0.846. The molecule has 1 aliphatic carbocycles.